The maximum atomic E-state index is 11.9. The van der Waals surface area contributed by atoms with Crippen molar-refractivity contribution >= 4 is 5.91 Å². The van der Waals surface area contributed by atoms with Crippen LogP contribution >= 0.6 is 0 Å². The maximum Gasteiger partial charge on any atom is 0.226 e. The third-order valence-electron chi connectivity index (χ3n) is 2.80. The van der Waals surface area contributed by atoms with E-state index in [4.69, 9.17) is 10.00 Å². The van der Waals surface area contributed by atoms with Crippen molar-refractivity contribution in [3.8, 4) is 11.8 Å². The summed E-state index contributed by atoms with van der Waals surface area (Å²) >= 11 is 0. The smallest absolute Gasteiger partial charge is 0.226 e. The first-order valence-electron chi connectivity index (χ1n) is 6.51. The van der Waals surface area contributed by atoms with E-state index in [-0.39, 0.29) is 5.91 Å². The summed E-state index contributed by atoms with van der Waals surface area (Å²) < 4.78 is 5.54. The normalized spacial score (nSPS) is 9.74. The molecule has 0 aliphatic rings. The van der Waals surface area contributed by atoms with Crippen molar-refractivity contribution in [1.82, 2.24) is 4.90 Å². The summed E-state index contributed by atoms with van der Waals surface area (Å²) in [6, 6.07) is 9.80. The van der Waals surface area contributed by atoms with E-state index >= 15 is 0 Å². The van der Waals surface area contributed by atoms with E-state index in [0.29, 0.717) is 32.5 Å². The Labute approximate surface area is 114 Å². The highest BCUT2D eigenvalue weighted by Gasteiger charge is 2.10. The number of aryl methyl sites for hydroxylation is 1. The average Bonchev–Trinajstić information content (AvgIpc) is 2.39. The van der Waals surface area contributed by atoms with E-state index in [0.717, 1.165) is 11.3 Å². The van der Waals surface area contributed by atoms with E-state index in [9.17, 15) is 4.79 Å². The van der Waals surface area contributed by atoms with E-state index in [2.05, 4.69) is 6.07 Å². The molecule has 0 bridgehead atoms. The number of carbonyl (C=O) groups is 1. The fourth-order valence-electron chi connectivity index (χ4n) is 1.76. The van der Waals surface area contributed by atoms with Gasteiger partial charge in [0.25, 0.3) is 0 Å². The Bertz CT molecular complexity index is 452. The zero-order valence-electron chi connectivity index (χ0n) is 11.6. The number of nitrogens with zero attached hydrogens (tertiary/aromatic N) is 2. The molecule has 0 radical (unpaired) electrons. The minimum atomic E-state index is 0.0328. The zero-order chi connectivity index (χ0) is 14.1. The highest BCUT2D eigenvalue weighted by molar-refractivity contribution is 5.76. The van der Waals surface area contributed by atoms with Crippen molar-refractivity contribution in [3.63, 3.8) is 0 Å². The third-order valence-corrected chi connectivity index (χ3v) is 2.80. The summed E-state index contributed by atoms with van der Waals surface area (Å²) in [6.45, 7) is 5.40. The van der Waals surface area contributed by atoms with Crippen LogP contribution in [0.15, 0.2) is 24.3 Å². The van der Waals surface area contributed by atoms with Gasteiger partial charge in [0.1, 0.15) is 5.75 Å². The number of hydrogen-bond donors (Lipinski definition) is 0. The van der Waals surface area contributed by atoms with Crippen molar-refractivity contribution in [2.45, 2.75) is 26.7 Å². The van der Waals surface area contributed by atoms with Gasteiger partial charge in [0.05, 0.1) is 25.5 Å². The summed E-state index contributed by atoms with van der Waals surface area (Å²) in [5.74, 6) is 0.818. The second-order valence-electron chi connectivity index (χ2n) is 4.30. The predicted octanol–water partition coefficient (Wildman–Crippen LogP) is 2.53. The number of amides is 1. The Balaban J connectivity index is 2.35. The fourth-order valence-corrected chi connectivity index (χ4v) is 1.76. The summed E-state index contributed by atoms with van der Waals surface area (Å²) in [5.41, 5.74) is 1.13. The van der Waals surface area contributed by atoms with Crippen LogP contribution in [0.1, 0.15) is 25.3 Å². The minimum Gasteiger partial charge on any atom is -0.493 e. The molecule has 0 aromatic heterocycles. The lowest BCUT2D eigenvalue weighted by molar-refractivity contribution is -0.131. The Kier molecular flexibility index (Phi) is 6.45. The van der Waals surface area contributed by atoms with Crippen molar-refractivity contribution < 1.29 is 9.53 Å². The highest BCUT2D eigenvalue weighted by atomic mass is 16.5. The van der Waals surface area contributed by atoms with Crippen LogP contribution in [-0.4, -0.2) is 30.5 Å². The van der Waals surface area contributed by atoms with Crippen LogP contribution in [0.3, 0.4) is 0 Å². The van der Waals surface area contributed by atoms with Gasteiger partial charge < -0.3 is 9.64 Å². The van der Waals surface area contributed by atoms with Gasteiger partial charge in [0.2, 0.25) is 5.91 Å². The molecule has 0 fully saturated rings. The van der Waals surface area contributed by atoms with Crippen molar-refractivity contribution in [3.05, 3.63) is 29.8 Å². The molecule has 0 saturated heterocycles. The quantitative estimate of drug-likeness (QED) is 0.757. The molecule has 0 unspecified atom stereocenters. The van der Waals surface area contributed by atoms with E-state index in [1.54, 1.807) is 4.90 Å². The van der Waals surface area contributed by atoms with Gasteiger partial charge in [-0.05, 0) is 31.5 Å². The molecule has 1 rings (SSSR count). The Morgan fingerprint density at radius 2 is 2.26 bits per heavy atom. The monoisotopic (exact) mass is 260 g/mol. The molecule has 1 amide bonds. The summed E-state index contributed by atoms with van der Waals surface area (Å²) in [6.07, 6.45) is 0.714. The lowest BCUT2D eigenvalue weighted by atomic mass is 10.2. The number of hydrogen-bond acceptors (Lipinski definition) is 3. The van der Waals surface area contributed by atoms with Gasteiger partial charge in [-0.3, -0.25) is 4.79 Å². The van der Waals surface area contributed by atoms with Gasteiger partial charge in [0, 0.05) is 13.1 Å². The molecule has 4 nitrogen and oxygen atoms in total. The molecule has 0 aliphatic carbocycles. The number of rotatable bonds is 7. The summed E-state index contributed by atoms with van der Waals surface area (Å²) in [7, 11) is 0. The Hall–Kier alpha value is -2.02. The highest BCUT2D eigenvalue weighted by Crippen LogP contribution is 2.12. The van der Waals surface area contributed by atoms with Crippen LogP contribution in [0.5, 0.6) is 5.75 Å². The largest absolute Gasteiger partial charge is 0.493 e. The SMILES string of the molecule is CCN(CCC#N)C(=O)CCOc1cccc(C)c1. The molecular weight excluding hydrogens is 240 g/mol. The van der Waals surface area contributed by atoms with Gasteiger partial charge in [-0.15, -0.1) is 0 Å². The molecule has 0 N–H and O–H groups in total. The first-order valence-corrected chi connectivity index (χ1v) is 6.51. The van der Waals surface area contributed by atoms with Crippen LogP contribution in [-0.2, 0) is 4.79 Å². The molecule has 4 heteroatoms. The van der Waals surface area contributed by atoms with Crippen molar-refractivity contribution in [2.75, 3.05) is 19.7 Å². The predicted molar refractivity (Wildman–Crippen MR) is 73.8 cm³/mol. The van der Waals surface area contributed by atoms with Crippen LogP contribution in [0.4, 0.5) is 0 Å². The van der Waals surface area contributed by atoms with E-state index in [1.807, 2.05) is 38.1 Å². The second-order valence-corrected chi connectivity index (χ2v) is 4.30. The Morgan fingerprint density at radius 3 is 2.89 bits per heavy atom. The van der Waals surface area contributed by atoms with Gasteiger partial charge in [0.15, 0.2) is 0 Å². The number of carbonyl (C=O) groups excluding carboxylic acids is 1. The molecule has 0 aliphatic heterocycles. The van der Waals surface area contributed by atoms with Gasteiger partial charge >= 0.3 is 0 Å². The molecule has 19 heavy (non-hydrogen) atoms. The molecule has 0 saturated carbocycles. The summed E-state index contributed by atoms with van der Waals surface area (Å²) in [5, 5.41) is 8.53. The van der Waals surface area contributed by atoms with Crippen LogP contribution in [0.2, 0.25) is 0 Å². The van der Waals surface area contributed by atoms with Crippen LogP contribution in [0, 0.1) is 18.3 Å². The first kappa shape index (κ1) is 15.0. The van der Waals surface area contributed by atoms with E-state index < -0.39 is 0 Å². The standard InChI is InChI=1S/C15H20N2O2/c1-3-17(10-5-9-16)15(18)8-11-19-14-7-4-6-13(2)12-14/h4,6-7,12H,3,5,8,10-11H2,1-2H3. The molecular formula is C15H20N2O2. The molecule has 0 spiro atoms. The third kappa shape index (κ3) is 5.43. The number of nitriles is 1. The molecule has 0 heterocycles. The number of ether oxygens (including phenoxy) is 1. The zero-order valence-corrected chi connectivity index (χ0v) is 11.6. The Morgan fingerprint density at radius 1 is 1.47 bits per heavy atom. The van der Waals surface area contributed by atoms with Gasteiger partial charge in [-0.2, -0.15) is 5.26 Å². The molecule has 0 atom stereocenters. The van der Waals surface area contributed by atoms with Crippen LogP contribution < -0.4 is 4.74 Å². The average molecular weight is 260 g/mol. The van der Waals surface area contributed by atoms with Gasteiger partial charge in [-0.1, -0.05) is 12.1 Å². The number of benzene rings is 1. The lowest BCUT2D eigenvalue weighted by Crippen LogP contribution is -2.32. The lowest BCUT2D eigenvalue weighted by Gasteiger charge is -2.19. The van der Waals surface area contributed by atoms with Crippen molar-refractivity contribution in [1.29, 1.82) is 5.26 Å². The fraction of sp³-hybridized carbons (Fsp3) is 0.467. The first-order chi connectivity index (χ1) is 9.17. The van der Waals surface area contributed by atoms with Crippen LogP contribution in [0.25, 0.3) is 0 Å². The second kappa shape index (κ2) is 8.15. The minimum absolute atomic E-state index is 0.0328. The van der Waals surface area contributed by atoms with Crippen molar-refractivity contribution in [2.24, 2.45) is 0 Å². The topological polar surface area (TPSA) is 53.3 Å². The molecule has 1 aromatic rings. The molecule has 102 valence electrons. The summed E-state index contributed by atoms with van der Waals surface area (Å²) in [4.78, 5) is 13.6. The molecule has 1 aromatic carbocycles. The van der Waals surface area contributed by atoms with E-state index in [1.165, 1.54) is 0 Å². The van der Waals surface area contributed by atoms with Gasteiger partial charge in [-0.25, -0.2) is 0 Å². The maximum absolute atomic E-state index is 11.9.